The molecule has 1 heterocycles. The molecule has 0 aliphatic heterocycles. The van der Waals surface area contributed by atoms with Crippen molar-refractivity contribution in [2.75, 3.05) is 5.48 Å². The van der Waals surface area contributed by atoms with Crippen LogP contribution in [0, 0.1) is 0 Å². The molecule has 0 saturated carbocycles. The average Bonchev–Trinajstić information content (AvgIpc) is 2.33. The van der Waals surface area contributed by atoms with E-state index in [1.54, 1.807) is 6.20 Å². The molecule has 4 nitrogen and oxygen atoms in total. The van der Waals surface area contributed by atoms with Crippen LogP contribution in [0.4, 0.5) is 5.69 Å². The van der Waals surface area contributed by atoms with Crippen LogP contribution in [0.1, 0.15) is 25.5 Å². The highest BCUT2D eigenvalue weighted by molar-refractivity contribution is 5.44. The van der Waals surface area contributed by atoms with Gasteiger partial charge in [-0.15, -0.1) is 0 Å². The summed E-state index contributed by atoms with van der Waals surface area (Å²) in [6.07, 6.45) is 1.55. The topological polar surface area (TPSA) is 60.9 Å². The second-order valence-corrected chi connectivity index (χ2v) is 2.46. The van der Waals surface area contributed by atoms with Gasteiger partial charge < -0.3 is 0 Å². The fourth-order valence-corrected chi connectivity index (χ4v) is 0.825. The van der Waals surface area contributed by atoms with Crippen LogP contribution in [0.3, 0.4) is 0 Å². The van der Waals surface area contributed by atoms with Crippen molar-refractivity contribution in [3.05, 3.63) is 11.9 Å². The largest absolute Gasteiger partial charge is 0.291 e. The summed E-state index contributed by atoms with van der Waals surface area (Å²) in [6, 6.07) is 0. The van der Waals surface area contributed by atoms with E-state index in [9.17, 15) is 0 Å². The Bertz CT molecular complexity index is 207. The first-order valence-electron chi connectivity index (χ1n) is 3.19. The van der Waals surface area contributed by atoms with Gasteiger partial charge in [0.1, 0.15) is 5.69 Å². The van der Waals surface area contributed by atoms with Gasteiger partial charge in [-0.3, -0.25) is 15.8 Å². The first-order valence-corrected chi connectivity index (χ1v) is 3.19. The molecular formula is C6H11N3O. The Labute approximate surface area is 59.2 Å². The van der Waals surface area contributed by atoms with E-state index in [1.165, 1.54) is 0 Å². The third-order valence-electron chi connectivity index (χ3n) is 1.37. The van der Waals surface area contributed by atoms with Crippen LogP contribution in [0.15, 0.2) is 6.20 Å². The van der Waals surface area contributed by atoms with Gasteiger partial charge in [-0.1, -0.05) is 13.8 Å². The number of anilines is 1. The van der Waals surface area contributed by atoms with E-state index < -0.39 is 0 Å². The third-order valence-corrected chi connectivity index (χ3v) is 1.37. The van der Waals surface area contributed by atoms with Crippen molar-refractivity contribution in [3.63, 3.8) is 0 Å². The zero-order valence-corrected chi connectivity index (χ0v) is 6.05. The van der Waals surface area contributed by atoms with Gasteiger partial charge in [-0.25, -0.2) is 0 Å². The summed E-state index contributed by atoms with van der Waals surface area (Å²) < 4.78 is 0. The lowest BCUT2D eigenvalue weighted by atomic mass is 10.1. The maximum Gasteiger partial charge on any atom is 0.101 e. The second-order valence-electron chi connectivity index (χ2n) is 2.46. The van der Waals surface area contributed by atoms with E-state index in [0.29, 0.717) is 11.6 Å². The number of aromatic amines is 1. The van der Waals surface area contributed by atoms with Gasteiger partial charge in [0.15, 0.2) is 0 Å². The van der Waals surface area contributed by atoms with Crippen LogP contribution in [-0.2, 0) is 0 Å². The van der Waals surface area contributed by atoms with Gasteiger partial charge in [0.2, 0.25) is 0 Å². The van der Waals surface area contributed by atoms with Crippen LogP contribution < -0.4 is 5.48 Å². The molecule has 0 atom stereocenters. The zero-order valence-electron chi connectivity index (χ0n) is 6.05. The molecule has 4 heteroatoms. The summed E-state index contributed by atoms with van der Waals surface area (Å²) in [4.78, 5) is 0. The molecule has 10 heavy (non-hydrogen) atoms. The van der Waals surface area contributed by atoms with Gasteiger partial charge >= 0.3 is 0 Å². The molecule has 0 fully saturated rings. The molecule has 0 bridgehead atoms. The van der Waals surface area contributed by atoms with E-state index in [0.717, 1.165) is 5.69 Å². The molecule has 0 spiro atoms. The fraction of sp³-hybridized carbons (Fsp3) is 0.500. The Balaban J connectivity index is 2.90. The van der Waals surface area contributed by atoms with E-state index >= 15 is 0 Å². The number of rotatable bonds is 2. The van der Waals surface area contributed by atoms with Gasteiger partial charge in [-0.05, 0) is 5.92 Å². The molecule has 56 valence electrons. The summed E-state index contributed by atoms with van der Waals surface area (Å²) in [5, 5.41) is 15.1. The molecule has 0 amide bonds. The molecule has 1 aromatic heterocycles. The molecule has 1 rings (SSSR count). The predicted molar refractivity (Wildman–Crippen MR) is 38.1 cm³/mol. The molecule has 0 unspecified atom stereocenters. The number of hydrogen-bond donors (Lipinski definition) is 3. The monoisotopic (exact) mass is 141 g/mol. The number of aromatic nitrogens is 2. The molecule has 1 aromatic rings. The van der Waals surface area contributed by atoms with Crippen LogP contribution in [0.2, 0.25) is 0 Å². The minimum atomic E-state index is 0.345. The summed E-state index contributed by atoms with van der Waals surface area (Å²) >= 11 is 0. The molecule has 0 saturated heterocycles. The minimum Gasteiger partial charge on any atom is -0.291 e. The third kappa shape index (κ3) is 1.11. The molecule has 3 N–H and O–H groups in total. The zero-order chi connectivity index (χ0) is 7.56. The maximum absolute atomic E-state index is 8.55. The first-order chi connectivity index (χ1) is 4.75. The van der Waals surface area contributed by atoms with Crippen molar-refractivity contribution in [3.8, 4) is 0 Å². The van der Waals surface area contributed by atoms with Crippen LogP contribution in [-0.4, -0.2) is 15.4 Å². The van der Waals surface area contributed by atoms with Crippen molar-refractivity contribution in [2.24, 2.45) is 0 Å². The lowest BCUT2D eigenvalue weighted by molar-refractivity contribution is 0.388. The number of nitrogens with zero attached hydrogens (tertiary/aromatic N) is 1. The normalized spacial score (nSPS) is 10.4. The number of hydrogen-bond acceptors (Lipinski definition) is 3. The van der Waals surface area contributed by atoms with Crippen molar-refractivity contribution < 1.29 is 5.21 Å². The molecule has 0 aliphatic carbocycles. The smallest absolute Gasteiger partial charge is 0.101 e. The van der Waals surface area contributed by atoms with Crippen molar-refractivity contribution >= 4 is 5.69 Å². The standard InChI is InChI=1S/C6H11N3O/c1-4(2)6-5(9-10)3-7-8-6/h3-4,9-10H,1-2H3,(H,7,8). The van der Waals surface area contributed by atoms with Crippen molar-refractivity contribution in [1.82, 2.24) is 10.2 Å². The quantitative estimate of drug-likeness (QED) is 0.544. The SMILES string of the molecule is CC(C)c1[nH]ncc1NO. The summed E-state index contributed by atoms with van der Waals surface area (Å²) in [5.41, 5.74) is 3.63. The van der Waals surface area contributed by atoms with E-state index in [2.05, 4.69) is 15.7 Å². The van der Waals surface area contributed by atoms with Crippen LogP contribution in [0.5, 0.6) is 0 Å². The van der Waals surface area contributed by atoms with Gasteiger partial charge in [0.25, 0.3) is 0 Å². The highest BCUT2D eigenvalue weighted by atomic mass is 16.5. The maximum atomic E-state index is 8.55. The first kappa shape index (κ1) is 7.08. The predicted octanol–water partition coefficient (Wildman–Crippen LogP) is 1.33. The Hall–Kier alpha value is -1.03. The minimum absolute atomic E-state index is 0.345. The molecule has 0 aliphatic rings. The molecular weight excluding hydrogens is 130 g/mol. The average molecular weight is 141 g/mol. The summed E-state index contributed by atoms with van der Waals surface area (Å²) in [7, 11) is 0. The van der Waals surface area contributed by atoms with Crippen molar-refractivity contribution in [2.45, 2.75) is 19.8 Å². The Kier molecular flexibility index (Phi) is 1.91. The van der Waals surface area contributed by atoms with E-state index in [4.69, 9.17) is 5.21 Å². The highest BCUT2D eigenvalue weighted by Gasteiger charge is 2.06. The molecule has 0 radical (unpaired) electrons. The highest BCUT2D eigenvalue weighted by Crippen LogP contribution is 2.19. The number of nitrogens with one attached hydrogen (secondary N) is 2. The fourth-order valence-electron chi connectivity index (χ4n) is 0.825. The Morgan fingerprint density at radius 1 is 1.70 bits per heavy atom. The van der Waals surface area contributed by atoms with E-state index in [1.807, 2.05) is 13.8 Å². The lowest BCUT2D eigenvalue weighted by Crippen LogP contribution is -1.95. The number of H-pyrrole nitrogens is 1. The Morgan fingerprint density at radius 3 is 2.80 bits per heavy atom. The Morgan fingerprint density at radius 2 is 2.40 bits per heavy atom. The van der Waals surface area contributed by atoms with Gasteiger partial charge in [0, 0.05) is 0 Å². The van der Waals surface area contributed by atoms with Gasteiger partial charge in [0.05, 0.1) is 11.9 Å². The molecule has 0 aromatic carbocycles. The van der Waals surface area contributed by atoms with E-state index in [-0.39, 0.29) is 0 Å². The summed E-state index contributed by atoms with van der Waals surface area (Å²) in [6.45, 7) is 4.04. The second kappa shape index (κ2) is 2.70. The van der Waals surface area contributed by atoms with Crippen LogP contribution in [0.25, 0.3) is 0 Å². The summed E-state index contributed by atoms with van der Waals surface area (Å²) in [5.74, 6) is 0.345. The van der Waals surface area contributed by atoms with Crippen LogP contribution >= 0.6 is 0 Å². The van der Waals surface area contributed by atoms with Crippen molar-refractivity contribution in [1.29, 1.82) is 0 Å². The lowest BCUT2D eigenvalue weighted by Gasteiger charge is -2.02. The van der Waals surface area contributed by atoms with Gasteiger partial charge in [-0.2, -0.15) is 5.10 Å².